The molecule has 3 heterocycles. The lowest BCUT2D eigenvalue weighted by Gasteiger charge is -2.13. The second-order valence-corrected chi connectivity index (χ2v) is 7.00. The normalized spacial score (nSPS) is 11.3. The zero-order chi connectivity index (χ0) is 18.1. The van der Waals surface area contributed by atoms with E-state index in [9.17, 15) is 14.0 Å². The molecule has 1 aromatic carbocycles. The molecule has 5 nitrogen and oxygen atoms in total. The fraction of sp³-hybridized carbons (Fsp3) is 0.158. The summed E-state index contributed by atoms with van der Waals surface area (Å²) in [6.07, 6.45) is 2.49. The third-order valence-corrected chi connectivity index (χ3v) is 5.21. The summed E-state index contributed by atoms with van der Waals surface area (Å²) in [5, 5.41) is 4.82. The van der Waals surface area contributed by atoms with E-state index in [0.29, 0.717) is 23.1 Å². The minimum atomic E-state index is -0.449. The lowest BCUT2D eigenvalue weighted by Crippen LogP contribution is -2.34. The standard InChI is InChI=1S/C19H16FN3O2S/c20-13-5-6-15-17(11-13)23(19(25)16-4-1-9-22(15)16)12-18(24)21-8-7-14-3-2-10-26-14/h1-6,9-11H,7-8,12H2,(H,21,24). The van der Waals surface area contributed by atoms with Crippen molar-refractivity contribution in [3.8, 4) is 0 Å². The highest BCUT2D eigenvalue weighted by molar-refractivity contribution is 7.09. The van der Waals surface area contributed by atoms with E-state index in [2.05, 4.69) is 5.32 Å². The first-order valence-corrected chi connectivity index (χ1v) is 9.09. The van der Waals surface area contributed by atoms with Crippen LogP contribution in [-0.2, 0) is 17.8 Å². The summed E-state index contributed by atoms with van der Waals surface area (Å²) < 4.78 is 16.8. The van der Waals surface area contributed by atoms with Crippen molar-refractivity contribution in [2.75, 3.05) is 6.54 Å². The maximum atomic E-state index is 13.7. The number of aromatic nitrogens is 2. The molecule has 0 atom stereocenters. The maximum Gasteiger partial charge on any atom is 0.275 e. The Balaban J connectivity index is 1.64. The Kier molecular flexibility index (Phi) is 4.30. The Labute approximate surface area is 152 Å². The van der Waals surface area contributed by atoms with Crippen molar-refractivity contribution in [1.29, 1.82) is 0 Å². The molecule has 26 heavy (non-hydrogen) atoms. The van der Waals surface area contributed by atoms with Gasteiger partial charge < -0.3 is 9.72 Å². The van der Waals surface area contributed by atoms with Crippen LogP contribution in [0.3, 0.4) is 0 Å². The van der Waals surface area contributed by atoms with Crippen molar-refractivity contribution in [2.45, 2.75) is 13.0 Å². The summed E-state index contributed by atoms with van der Waals surface area (Å²) in [7, 11) is 0. The average molecular weight is 369 g/mol. The maximum absolute atomic E-state index is 13.7. The molecule has 0 saturated carbocycles. The first-order valence-electron chi connectivity index (χ1n) is 8.22. The van der Waals surface area contributed by atoms with E-state index in [1.165, 1.54) is 21.6 Å². The van der Waals surface area contributed by atoms with Gasteiger partial charge in [0, 0.05) is 17.6 Å². The van der Waals surface area contributed by atoms with Crippen LogP contribution in [0, 0.1) is 5.82 Å². The molecule has 1 N–H and O–H groups in total. The Morgan fingerprint density at radius 1 is 1.12 bits per heavy atom. The predicted octanol–water partition coefficient (Wildman–Crippen LogP) is 2.81. The number of benzene rings is 1. The Morgan fingerprint density at radius 3 is 2.81 bits per heavy atom. The molecule has 0 bridgehead atoms. The van der Waals surface area contributed by atoms with Gasteiger partial charge in [0.1, 0.15) is 17.9 Å². The van der Waals surface area contributed by atoms with Crippen LogP contribution in [0.1, 0.15) is 4.88 Å². The summed E-state index contributed by atoms with van der Waals surface area (Å²) in [4.78, 5) is 26.3. The minimum Gasteiger partial charge on any atom is -0.354 e. The third kappa shape index (κ3) is 3.01. The molecule has 0 aliphatic carbocycles. The van der Waals surface area contributed by atoms with Crippen molar-refractivity contribution in [3.63, 3.8) is 0 Å². The van der Waals surface area contributed by atoms with Crippen molar-refractivity contribution >= 4 is 33.8 Å². The van der Waals surface area contributed by atoms with Gasteiger partial charge >= 0.3 is 0 Å². The van der Waals surface area contributed by atoms with Gasteiger partial charge in [-0.2, -0.15) is 0 Å². The Bertz CT molecular complexity index is 1140. The number of nitrogens with zero attached hydrogens (tertiary/aromatic N) is 2. The first kappa shape index (κ1) is 16.5. The van der Waals surface area contributed by atoms with Crippen LogP contribution in [0.25, 0.3) is 16.6 Å². The van der Waals surface area contributed by atoms with Crippen LogP contribution >= 0.6 is 11.3 Å². The van der Waals surface area contributed by atoms with Gasteiger partial charge in [-0.3, -0.25) is 14.2 Å². The highest BCUT2D eigenvalue weighted by Gasteiger charge is 2.14. The quantitative estimate of drug-likeness (QED) is 0.588. The lowest BCUT2D eigenvalue weighted by molar-refractivity contribution is -0.121. The monoisotopic (exact) mass is 369 g/mol. The van der Waals surface area contributed by atoms with Gasteiger partial charge in [-0.1, -0.05) is 6.07 Å². The number of carbonyl (C=O) groups excluding carboxylic acids is 1. The van der Waals surface area contributed by atoms with Gasteiger partial charge in [-0.25, -0.2) is 4.39 Å². The Morgan fingerprint density at radius 2 is 2.00 bits per heavy atom. The largest absolute Gasteiger partial charge is 0.354 e. The van der Waals surface area contributed by atoms with Crippen molar-refractivity contribution < 1.29 is 9.18 Å². The van der Waals surface area contributed by atoms with Gasteiger partial charge in [0.2, 0.25) is 5.91 Å². The molecule has 1 amide bonds. The van der Waals surface area contributed by atoms with E-state index in [1.807, 2.05) is 17.5 Å². The van der Waals surface area contributed by atoms with Crippen LogP contribution < -0.4 is 10.9 Å². The highest BCUT2D eigenvalue weighted by atomic mass is 32.1. The zero-order valence-electron chi connectivity index (χ0n) is 13.8. The van der Waals surface area contributed by atoms with Crippen LogP contribution in [0.4, 0.5) is 4.39 Å². The van der Waals surface area contributed by atoms with Gasteiger partial charge in [-0.15, -0.1) is 11.3 Å². The SMILES string of the molecule is O=C(Cn1c(=O)c2cccn2c2ccc(F)cc21)NCCc1cccs1. The molecular weight excluding hydrogens is 353 g/mol. The van der Waals surface area contributed by atoms with Crippen molar-refractivity contribution in [3.05, 3.63) is 75.1 Å². The van der Waals surface area contributed by atoms with Crippen molar-refractivity contribution in [2.24, 2.45) is 0 Å². The van der Waals surface area contributed by atoms with Crippen molar-refractivity contribution in [1.82, 2.24) is 14.3 Å². The van der Waals surface area contributed by atoms with E-state index in [0.717, 1.165) is 6.42 Å². The number of hydrogen-bond donors (Lipinski definition) is 1. The lowest BCUT2D eigenvalue weighted by atomic mass is 10.2. The predicted molar refractivity (Wildman–Crippen MR) is 100 cm³/mol. The number of nitrogens with one attached hydrogen (secondary N) is 1. The number of halogens is 1. The van der Waals surface area contributed by atoms with Crippen LogP contribution in [0.5, 0.6) is 0 Å². The molecular formula is C19H16FN3O2S. The number of hydrogen-bond acceptors (Lipinski definition) is 3. The first-order chi connectivity index (χ1) is 12.6. The highest BCUT2D eigenvalue weighted by Crippen LogP contribution is 2.16. The summed E-state index contributed by atoms with van der Waals surface area (Å²) in [5.74, 6) is -0.722. The zero-order valence-corrected chi connectivity index (χ0v) is 14.6. The van der Waals surface area contributed by atoms with Crippen LogP contribution in [-0.4, -0.2) is 21.4 Å². The third-order valence-electron chi connectivity index (χ3n) is 4.28. The molecule has 0 unspecified atom stereocenters. The molecule has 0 radical (unpaired) electrons. The van der Waals surface area contributed by atoms with E-state index < -0.39 is 5.82 Å². The van der Waals surface area contributed by atoms with Gasteiger partial charge in [0.05, 0.1) is 11.0 Å². The van der Waals surface area contributed by atoms with E-state index in [1.54, 1.807) is 40.1 Å². The van der Waals surface area contributed by atoms with E-state index in [4.69, 9.17) is 0 Å². The fourth-order valence-corrected chi connectivity index (χ4v) is 3.77. The molecule has 0 spiro atoms. The summed E-state index contributed by atoms with van der Waals surface area (Å²) in [6.45, 7) is 0.346. The summed E-state index contributed by atoms with van der Waals surface area (Å²) in [6, 6.07) is 11.7. The second-order valence-electron chi connectivity index (χ2n) is 5.97. The van der Waals surface area contributed by atoms with E-state index in [-0.39, 0.29) is 18.0 Å². The average Bonchev–Trinajstić information content (AvgIpc) is 3.30. The molecule has 4 rings (SSSR count). The second kappa shape index (κ2) is 6.76. The van der Waals surface area contributed by atoms with Gasteiger partial charge in [0.25, 0.3) is 5.56 Å². The molecule has 0 saturated heterocycles. The molecule has 0 aliphatic rings. The fourth-order valence-electron chi connectivity index (χ4n) is 3.07. The summed E-state index contributed by atoms with van der Waals surface area (Å²) >= 11 is 1.64. The number of rotatable bonds is 5. The molecule has 132 valence electrons. The molecule has 7 heteroatoms. The molecule has 0 aliphatic heterocycles. The number of carbonyl (C=O) groups is 1. The molecule has 0 fully saturated rings. The minimum absolute atomic E-state index is 0.148. The molecule has 3 aromatic heterocycles. The van der Waals surface area contributed by atoms with Crippen LogP contribution in [0.2, 0.25) is 0 Å². The van der Waals surface area contributed by atoms with Gasteiger partial charge in [-0.05, 0) is 48.2 Å². The number of fused-ring (bicyclic) bond motifs is 3. The van der Waals surface area contributed by atoms with Gasteiger partial charge in [0.15, 0.2) is 0 Å². The number of amides is 1. The van der Waals surface area contributed by atoms with E-state index >= 15 is 0 Å². The topological polar surface area (TPSA) is 55.5 Å². The smallest absolute Gasteiger partial charge is 0.275 e. The Hall–Kier alpha value is -2.93. The summed E-state index contributed by atoms with van der Waals surface area (Å²) in [5.41, 5.74) is 1.21. The number of thiophene rings is 1. The molecule has 4 aromatic rings. The van der Waals surface area contributed by atoms with Crippen LogP contribution in [0.15, 0.2) is 58.8 Å².